The minimum atomic E-state index is -0.993. The van der Waals surface area contributed by atoms with Crippen LogP contribution in [0.1, 0.15) is 50.3 Å². The van der Waals surface area contributed by atoms with Crippen molar-refractivity contribution in [2.45, 2.75) is 70.9 Å². The van der Waals surface area contributed by atoms with Gasteiger partial charge in [-0.2, -0.15) is 0 Å². The van der Waals surface area contributed by atoms with Crippen LogP contribution in [0, 0.1) is 11.6 Å². The number of anilines is 1. The molecule has 0 radical (unpaired) electrons. The van der Waals surface area contributed by atoms with E-state index in [0.717, 1.165) is 42.2 Å². The van der Waals surface area contributed by atoms with Crippen molar-refractivity contribution in [2.75, 3.05) is 11.4 Å². The molecule has 0 fully saturated rings. The first-order valence-electron chi connectivity index (χ1n) is 14.8. The molecule has 7 nitrogen and oxygen atoms in total. The number of nitrogens with zero attached hydrogens (tertiary/aromatic N) is 1. The summed E-state index contributed by atoms with van der Waals surface area (Å²) in [5, 5.41) is 26.5. The van der Waals surface area contributed by atoms with Gasteiger partial charge in [-0.1, -0.05) is 34.1 Å². The fourth-order valence-corrected chi connectivity index (χ4v) is 7.27. The Balaban J connectivity index is 1.43. The fourth-order valence-electron chi connectivity index (χ4n) is 5.68. The van der Waals surface area contributed by atoms with Crippen LogP contribution < -0.4 is 15.5 Å². The van der Waals surface area contributed by atoms with Gasteiger partial charge in [-0.25, -0.2) is 8.78 Å². The van der Waals surface area contributed by atoms with E-state index in [2.05, 4.69) is 26.6 Å². The van der Waals surface area contributed by atoms with E-state index in [4.69, 9.17) is 0 Å². The lowest BCUT2D eigenvalue weighted by Gasteiger charge is -2.29. The maximum atomic E-state index is 15.1. The summed E-state index contributed by atoms with van der Waals surface area (Å²) in [6, 6.07) is 15.1. The molecule has 0 spiro atoms. The highest BCUT2D eigenvalue weighted by Gasteiger charge is 2.34. The molecule has 4 N–H and O–H groups in total. The molecule has 4 aromatic rings. The first-order chi connectivity index (χ1) is 21.4. The van der Waals surface area contributed by atoms with Gasteiger partial charge in [0.1, 0.15) is 6.04 Å². The Morgan fingerprint density at radius 1 is 1.18 bits per heavy atom. The Morgan fingerprint density at radius 3 is 2.69 bits per heavy atom. The highest BCUT2D eigenvalue weighted by atomic mass is 79.9. The minimum absolute atomic E-state index is 0.0482. The second-order valence-corrected chi connectivity index (χ2v) is 14.1. The van der Waals surface area contributed by atoms with Crippen LogP contribution in [0.3, 0.4) is 0 Å². The maximum Gasteiger partial charge on any atom is 0.249 e. The largest absolute Gasteiger partial charge is 0.392 e. The van der Waals surface area contributed by atoms with E-state index in [1.54, 1.807) is 18.3 Å². The number of carbonyl (C=O) groups is 2. The highest BCUT2D eigenvalue weighted by Crippen LogP contribution is 2.38. The van der Waals surface area contributed by atoms with Crippen molar-refractivity contribution in [3.05, 3.63) is 87.4 Å². The number of hydrogen-bond donors (Lipinski definition) is 4. The number of fused-ring (bicyclic) bond motifs is 2. The van der Waals surface area contributed by atoms with Crippen LogP contribution in [0.15, 0.2) is 59.1 Å². The number of aliphatic hydroxyl groups is 2. The fraction of sp³-hybridized carbons (Fsp3) is 0.353. The third-order valence-corrected chi connectivity index (χ3v) is 9.88. The molecule has 0 unspecified atom stereocenters. The van der Waals surface area contributed by atoms with Crippen LogP contribution >= 0.6 is 27.3 Å². The summed E-state index contributed by atoms with van der Waals surface area (Å²) >= 11 is 5.10. The standard InChI is InChI=1S/C34H36BrF2N3O4S/c1-19(42)16-38-34(2,3)15-31(43)39-27-10-8-23-28(11-9-26(36)32(23)37)40(33(27)44)17-20-7-12-29-21(13-20)14-30(45-29)22-5-4-6-25(35)24(22)18-41/h4-7,9,11-14,19,27,38,41-42H,8,10,15-18H2,1-3H3,(H,39,43)/t19-,27-/m1/s1. The van der Waals surface area contributed by atoms with Crippen LogP contribution in [-0.2, 0) is 29.2 Å². The van der Waals surface area contributed by atoms with E-state index >= 15 is 4.39 Å². The molecule has 0 bridgehead atoms. The SMILES string of the molecule is C[C@@H](O)CNC(C)(C)CC(=O)N[C@@H]1CCc2c(ccc(F)c2F)N(Cc2ccc3sc(-c4cccc(Br)c4CO)cc3c2)C1=O. The Labute approximate surface area is 273 Å². The third kappa shape index (κ3) is 7.44. The van der Waals surface area contributed by atoms with Crippen molar-refractivity contribution in [2.24, 2.45) is 0 Å². The van der Waals surface area contributed by atoms with Crippen LogP contribution in [0.4, 0.5) is 14.5 Å². The van der Waals surface area contributed by atoms with Gasteiger partial charge in [-0.3, -0.25) is 9.59 Å². The summed E-state index contributed by atoms with van der Waals surface area (Å²) in [4.78, 5) is 29.5. The number of benzene rings is 3. The first-order valence-corrected chi connectivity index (χ1v) is 16.4. The van der Waals surface area contributed by atoms with Gasteiger partial charge in [0.05, 0.1) is 24.9 Å². The maximum absolute atomic E-state index is 15.1. The van der Waals surface area contributed by atoms with Gasteiger partial charge in [0, 0.05) is 43.7 Å². The smallest absolute Gasteiger partial charge is 0.249 e. The van der Waals surface area contributed by atoms with Crippen LogP contribution in [-0.4, -0.2) is 46.3 Å². The second-order valence-electron chi connectivity index (χ2n) is 12.1. The summed E-state index contributed by atoms with van der Waals surface area (Å²) in [7, 11) is 0. The lowest BCUT2D eigenvalue weighted by molar-refractivity contribution is -0.128. The quantitative estimate of drug-likeness (QED) is 0.158. The molecule has 0 aliphatic carbocycles. The molecule has 5 rings (SSSR count). The Hall–Kier alpha value is -3.22. The number of amides is 2. The van der Waals surface area contributed by atoms with Crippen LogP contribution in [0.5, 0.6) is 0 Å². The average molecular weight is 701 g/mol. The number of thiophene rings is 1. The molecule has 2 atom stereocenters. The summed E-state index contributed by atoms with van der Waals surface area (Å²) in [6.45, 7) is 5.58. The zero-order valence-corrected chi connectivity index (χ0v) is 27.7. The number of hydrogen-bond acceptors (Lipinski definition) is 6. The molecular formula is C34H36BrF2N3O4S. The van der Waals surface area contributed by atoms with Crippen molar-refractivity contribution in [1.29, 1.82) is 0 Å². The third-order valence-electron chi connectivity index (χ3n) is 7.99. The van der Waals surface area contributed by atoms with Gasteiger partial charge in [0.2, 0.25) is 11.8 Å². The monoisotopic (exact) mass is 699 g/mol. The second kappa shape index (κ2) is 13.6. The lowest BCUT2D eigenvalue weighted by atomic mass is 9.99. The Morgan fingerprint density at radius 2 is 1.96 bits per heavy atom. The van der Waals surface area contributed by atoms with Crippen LogP contribution in [0.2, 0.25) is 0 Å². The van der Waals surface area contributed by atoms with Gasteiger partial charge in [-0.15, -0.1) is 11.3 Å². The number of β-amino-alcohol motifs (C(OH)–C–C–N with tert-alkyl or cyclic N) is 1. The summed E-state index contributed by atoms with van der Waals surface area (Å²) < 4.78 is 31.2. The van der Waals surface area contributed by atoms with E-state index in [9.17, 15) is 24.2 Å². The van der Waals surface area contributed by atoms with E-state index < -0.39 is 35.2 Å². The number of nitrogens with one attached hydrogen (secondary N) is 2. The summed E-state index contributed by atoms with van der Waals surface area (Å²) in [5.74, 6) is -2.75. The van der Waals surface area contributed by atoms with Gasteiger partial charge >= 0.3 is 0 Å². The topological polar surface area (TPSA) is 102 Å². The van der Waals surface area contributed by atoms with E-state index in [0.29, 0.717) is 6.54 Å². The molecule has 2 heterocycles. The van der Waals surface area contributed by atoms with Crippen molar-refractivity contribution in [1.82, 2.24) is 10.6 Å². The molecule has 11 heteroatoms. The van der Waals surface area contributed by atoms with E-state index in [1.807, 2.05) is 56.3 Å². The molecule has 1 aromatic heterocycles. The van der Waals surface area contributed by atoms with E-state index in [1.165, 1.54) is 11.0 Å². The van der Waals surface area contributed by atoms with Crippen molar-refractivity contribution >= 4 is 54.9 Å². The Kier molecular flexibility index (Phi) is 10.0. The molecular weight excluding hydrogens is 664 g/mol. The molecule has 238 valence electrons. The zero-order valence-electron chi connectivity index (χ0n) is 25.3. The molecule has 0 saturated carbocycles. The lowest BCUT2D eigenvalue weighted by Crippen LogP contribution is -2.51. The average Bonchev–Trinajstić information content (AvgIpc) is 3.36. The van der Waals surface area contributed by atoms with Crippen LogP contribution in [0.25, 0.3) is 20.5 Å². The number of carbonyl (C=O) groups excluding carboxylic acids is 2. The summed E-state index contributed by atoms with van der Waals surface area (Å²) in [5.41, 5.74) is 2.23. The highest BCUT2D eigenvalue weighted by molar-refractivity contribution is 9.10. The van der Waals surface area contributed by atoms with Crippen molar-refractivity contribution < 1.29 is 28.6 Å². The van der Waals surface area contributed by atoms with Gasteiger partial charge < -0.3 is 25.7 Å². The van der Waals surface area contributed by atoms with Gasteiger partial charge in [-0.05, 0) is 86.5 Å². The molecule has 45 heavy (non-hydrogen) atoms. The summed E-state index contributed by atoms with van der Waals surface area (Å²) in [6.07, 6.45) is -0.353. The first kappa shape index (κ1) is 33.2. The predicted octanol–water partition coefficient (Wildman–Crippen LogP) is 6.20. The molecule has 3 aromatic carbocycles. The number of aliphatic hydroxyl groups excluding tert-OH is 2. The van der Waals surface area contributed by atoms with Gasteiger partial charge in [0.15, 0.2) is 11.6 Å². The molecule has 2 amide bonds. The number of rotatable bonds is 10. The van der Waals surface area contributed by atoms with Crippen molar-refractivity contribution in [3.8, 4) is 10.4 Å². The van der Waals surface area contributed by atoms with Crippen molar-refractivity contribution in [3.63, 3.8) is 0 Å². The molecule has 1 aliphatic heterocycles. The number of halogens is 3. The molecule has 0 saturated heterocycles. The zero-order chi connectivity index (χ0) is 32.5. The molecule has 1 aliphatic rings. The Bertz CT molecular complexity index is 1740. The minimum Gasteiger partial charge on any atom is -0.392 e. The van der Waals surface area contributed by atoms with E-state index in [-0.39, 0.29) is 49.6 Å². The predicted molar refractivity (Wildman–Crippen MR) is 177 cm³/mol. The van der Waals surface area contributed by atoms with Gasteiger partial charge in [0.25, 0.3) is 0 Å². The normalized spacial score (nSPS) is 16.0.